The van der Waals surface area contributed by atoms with Crippen LogP contribution < -0.4 is 20.6 Å². The van der Waals surface area contributed by atoms with Crippen molar-refractivity contribution in [2.45, 2.75) is 63.9 Å². The van der Waals surface area contributed by atoms with Crippen LogP contribution >= 0.6 is 7.52 Å². The molecule has 1 aromatic carbocycles. The molecule has 1 amide bonds. The van der Waals surface area contributed by atoms with Gasteiger partial charge in [0.2, 0.25) is 6.23 Å². The molecule has 3 rings (SSSR count). The van der Waals surface area contributed by atoms with Crippen molar-refractivity contribution in [1.82, 2.24) is 14.6 Å². The largest absolute Gasteiger partial charge is 0.462 e. The third-order valence-electron chi connectivity index (χ3n) is 5.81. The van der Waals surface area contributed by atoms with Gasteiger partial charge in [0.05, 0.1) is 12.7 Å². The fourth-order valence-electron chi connectivity index (χ4n) is 3.83. The smallest absolute Gasteiger partial charge is 0.413 e. The van der Waals surface area contributed by atoms with Crippen LogP contribution in [0.1, 0.15) is 32.6 Å². The quantitative estimate of drug-likeness (QED) is 0.185. The average Bonchev–Trinajstić information content (AvgIpc) is 3.15. The average molecular weight is 635 g/mol. The third-order valence-corrected chi connectivity index (χ3v) is 7.70. The van der Waals surface area contributed by atoms with E-state index < -0.39 is 62.3 Å². The van der Waals surface area contributed by atoms with Crippen LogP contribution in [0.25, 0.3) is 0 Å². The molecule has 15 nitrogen and oxygen atoms in total. The van der Waals surface area contributed by atoms with Crippen molar-refractivity contribution in [3.8, 4) is 5.75 Å². The first-order chi connectivity index (χ1) is 20.2. The lowest BCUT2D eigenvalue weighted by Crippen LogP contribution is -2.41. The van der Waals surface area contributed by atoms with E-state index >= 15 is 0 Å². The van der Waals surface area contributed by atoms with Crippen LogP contribution in [0.15, 0.2) is 41.3 Å². The summed E-state index contributed by atoms with van der Waals surface area (Å²) in [5.74, 6) is -4.63. The Labute approximate surface area is 244 Å². The monoisotopic (exact) mass is 634 g/mol. The van der Waals surface area contributed by atoms with Crippen molar-refractivity contribution in [1.29, 1.82) is 0 Å². The minimum Gasteiger partial charge on any atom is -0.462 e. The number of halogens is 2. The Morgan fingerprint density at radius 3 is 2.44 bits per heavy atom. The van der Waals surface area contributed by atoms with E-state index in [9.17, 15) is 32.8 Å². The molecule has 1 aromatic heterocycles. The highest BCUT2D eigenvalue weighted by atomic mass is 31.2. The summed E-state index contributed by atoms with van der Waals surface area (Å²) in [7, 11) is -2.36. The zero-order valence-electron chi connectivity index (χ0n) is 23.6. The summed E-state index contributed by atoms with van der Waals surface area (Å²) in [4.78, 5) is 40.1. The van der Waals surface area contributed by atoms with Gasteiger partial charge in [-0.15, -0.1) is 0 Å². The second kappa shape index (κ2) is 14.3. The molecular weight excluding hydrogens is 601 g/mol. The van der Waals surface area contributed by atoms with Crippen LogP contribution in [-0.4, -0.2) is 82.2 Å². The normalized spacial score (nSPS) is 21.6. The van der Waals surface area contributed by atoms with Gasteiger partial charge in [-0.25, -0.2) is 14.7 Å². The Hall–Kier alpha value is -3.47. The predicted molar refractivity (Wildman–Crippen MR) is 145 cm³/mol. The molecule has 0 bridgehead atoms. The fraction of sp³-hybridized carbons (Fsp3) is 0.520. The molecule has 0 saturated carbocycles. The summed E-state index contributed by atoms with van der Waals surface area (Å²) in [6, 6.07) is 6.05. The van der Waals surface area contributed by atoms with Gasteiger partial charge >= 0.3 is 31.2 Å². The SMILES string of the molecule is COCP(=O)(N[C@@H](C)C(=O)OC(C)C)Oc1ccc(COC(=O)Nc2ccn([C@@H]3O[C@H](CO)[C@@H](O)C3(F)F)c(=O)n2)cc1. The fourth-order valence-corrected chi connectivity index (χ4v) is 5.51. The van der Waals surface area contributed by atoms with E-state index in [4.69, 9.17) is 28.6 Å². The van der Waals surface area contributed by atoms with Gasteiger partial charge in [0.15, 0.2) is 6.10 Å². The Balaban J connectivity index is 1.56. The second-order valence-corrected chi connectivity index (χ2v) is 11.7. The first kappa shape index (κ1) is 34.0. The predicted octanol–water partition coefficient (Wildman–Crippen LogP) is 1.98. The van der Waals surface area contributed by atoms with Crippen molar-refractivity contribution in [3.05, 3.63) is 52.6 Å². The maximum absolute atomic E-state index is 14.3. The van der Waals surface area contributed by atoms with E-state index in [1.165, 1.54) is 38.3 Å². The minimum atomic E-state index is -3.88. The maximum atomic E-state index is 14.3. The van der Waals surface area contributed by atoms with Gasteiger partial charge in [-0.2, -0.15) is 13.8 Å². The summed E-state index contributed by atoms with van der Waals surface area (Å²) in [5.41, 5.74) is -0.720. The molecule has 0 radical (unpaired) electrons. The summed E-state index contributed by atoms with van der Waals surface area (Å²) in [6.45, 7) is 3.71. The number of nitrogens with zero attached hydrogens (tertiary/aromatic N) is 2. The zero-order chi connectivity index (χ0) is 31.9. The van der Waals surface area contributed by atoms with Crippen LogP contribution in [0.3, 0.4) is 0 Å². The van der Waals surface area contributed by atoms with E-state index in [1.54, 1.807) is 13.8 Å². The van der Waals surface area contributed by atoms with E-state index in [2.05, 4.69) is 15.4 Å². The molecule has 0 aliphatic carbocycles. The van der Waals surface area contributed by atoms with Gasteiger partial charge in [-0.1, -0.05) is 12.1 Å². The van der Waals surface area contributed by atoms with Crippen molar-refractivity contribution < 1.29 is 56.6 Å². The second-order valence-electron chi connectivity index (χ2n) is 9.70. The number of hydrogen-bond acceptors (Lipinski definition) is 12. The first-order valence-corrected chi connectivity index (χ1v) is 14.7. The van der Waals surface area contributed by atoms with E-state index in [1.807, 2.05) is 0 Å². The van der Waals surface area contributed by atoms with E-state index in [0.717, 1.165) is 12.3 Å². The molecule has 18 heteroatoms. The highest BCUT2D eigenvalue weighted by molar-refractivity contribution is 7.57. The number of esters is 1. The van der Waals surface area contributed by atoms with Crippen LogP contribution in [0, 0.1) is 0 Å². The number of hydrogen-bond donors (Lipinski definition) is 4. The lowest BCUT2D eigenvalue weighted by atomic mass is 10.1. The number of methoxy groups -OCH3 is 1. The van der Waals surface area contributed by atoms with Gasteiger partial charge in [0.1, 0.15) is 36.7 Å². The Morgan fingerprint density at radius 2 is 1.88 bits per heavy atom. The van der Waals surface area contributed by atoms with E-state index in [0.29, 0.717) is 10.1 Å². The highest BCUT2D eigenvalue weighted by Crippen LogP contribution is 2.44. The number of rotatable bonds is 13. The summed E-state index contributed by atoms with van der Waals surface area (Å²) < 4.78 is 68.0. The summed E-state index contributed by atoms with van der Waals surface area (Å²) >= 11 is 0. The number of ether oxygens (including phenoxy) is 4. The molecule has 4 N–H and O–H groups in total. The van der Waals surface area contributed by atoms with Crippen LogP contribution in [0.5, 0.6) is 5.75 Å². The van der Waals surface area contributed by atoms with Crippen molar-refractivity contribution in [2.75, 3.05) is 25.4 Å². The molecule has 1 aliphatic rings. The zero-order valence-corrected chi connectivity index (χ0v) is 24.5. The highest BCUT2D eigenvalue weighted by Gasteiger charge is 2.59. The Morgan fingerprint density at radius 1 is 1.21 bits per heavy atom. The first-order valence-electron chi connectivity index (χ1n) is 12.9. The lowest BCUT2D eigenvalue weighted by molar-refractivity contribution is -0.149. The molecule has 1 aliphatic heterocycles. The molecule has 0 spiro atoms. The number of benzene rings is 1. The van der Waals surface area contributed by atoms with Crippen molar-refractivity contribution in [2.24, 2.45) is 0 Å². The number of carbonyl (C=O) groups excluding carboxylic acids is 2. The van der Waals surface area contributed by atoms with Gasteiger partial charge < -0.3 is 33.7 Å². The van der Waals surface area contributed by atoms with E-state index in [-0.39, 0.29) is 30.6 Å². The number of aromatic nitrogens is 2. The van der Waals surface area contributed by atoms with Gasteiger partial charge in [-0.3, -0.25) is 19.2 Å². The van der Waals surface area contributed by atoms with Gasteiger partial charge in [0.25, 0.3) is 0 Å². The number of aliphatic hydroxyl groups is 2. The molecule has 1 unspecified atom stereocenters. The number of alkyl halides is 2. The number of amides is 1. The molecule has 238 valence electrons. The van der Waals surface area contributed by atoms with Crippen LogP contribution in [-0.2, 0) is 34.9 Å². The summed E-state index contributed by atoms with van der Waals surface area (Å²) in [6.07, 6.45) is -6.97. The van der Waals surface area contributed by atoms with Crippen molar-refractivity contribution >= 4 is 25.4 Å². The van der Waals surface area contributed by atoms with Gasteiger partial charge in [-0.05, 0) is 44.5 Å². The standard InChI is InChI=1S/C25H33F2N4O11P/c1-14(2)40-21(34)15(3)30-43(37,13-38-4)42-17-7-5-16(6-8-17)12-39-24(36)29-19-9-10-31(23(35)28-19)22-25(26,27)20(33)18(11-32)41-22/h5-10,14-15,18,20,22,32-33H,11-13H2,1-4H3,(H,30,37)(H,28,29,35,36)/t15-,18+,20+,22+,43?/m0/s1. The summed E-state index contributed by atoms with van der Waals surface area (Å²) in [5, 5.41) is 23.6. The van der Waals surface area contributed by atoms with Gasteiger partial charge in [0, 0.05) is 13.3 Å². The molecule has 1 saturated heterocycles. The Bertz CT molecular complexity index is 1380. The molecule has 43 heavy (non-hydrogen) atoms. The topological polar surface area (TPSA) is 197 Å². The van der Waals surface area contributed by atoms with Crippen LogP contribution in [0.2, 0.25) is 0 Å². The Kier molecular flexibility index (Phi) is 11.3. The molecule has 5 atom stereocenters. The van der Waals surface area contributed by atoms with Crippen LogP contribution in [0.4, 0.5) is 19.4 Å². The van der Waals surface area contributed by atoms with Crippen molar-refractivity contribution in [3.63, 3.8) is 0 Å². The lowest BCUT2D eigenvalue weighted by Gasteiger charge is -2.23. The molecular formula is C25H33F2N4O11P. The number of aliphatic hydroxyl groups excluding tert-OH is 2. The molecule has 2 heterocycles. The minimum absolute atomic E-state index is 0.171. The number of carbonyl (C=O) groups is 2. The number of anilines is 1. The molecule has 2 aromatic rings. The number of nitrogens with one attached hydrogen (secondary N) is 2. The third kappa shape index (κ3) is 8.78. The maximum Gasteiger partial charge on any atom is 0.413 e. The molecule has 1 fully saturated rings.